The molecule has 1 heterocycles. The molecular weight excluding hydrogens is 340 g/mol. The van der Waals surface area contributed by atoms with Crippen molar-refractivity contribution in [1.29, 1.82) is 0 Å². The van der Waals surface area contributed by atoms with Crippen LogP contribution in [-0.2, 0) is 14.3 Å². The minimum atomic E-state index is -1.87. The number of aromatic hydroxyl groups is 1. The molecule has 0 spiro atoms. The average molecular weight is 356 g/mol. The van der Waals surface area contributed by atoms with Gasteiger partial charge in [0, 0.05) is 6.08 Å². The Morgan fingerprint density at radius 2 is 1.76 bits per heavy atom. The van der Waals surface area contributed by atoms with Crippen LogP contribution in [0.25, 0.3) is 6.08 Å². The Labute approximate surface area is 140 Å². The van der Waals surface area contributed by atoms with Crippen molar-refractivity contribution in [2.75, 3.05) is 0 Å². The molecular formula is C15H16O10. The zero-order valence-corrected chi connectivity index (χ0v) is 12.6. The summed E-state index contributed by atoms with van der Waals surface area (Å²) < 4.78 is 10.1. The van der Waals surface area contributed by atoms with Crippen LogP contribution in [0.2, 0.25) is 0 Å². The van der Waals surface area contributed by atoms with E-state index in [9.17, 15) is 30.0 Å². The first-order valence-electron chi connectivity index (χ1n) is 7.04. The van der Waals surface area contributed by atoms with Crippen LogP contribution < -0.4 is 4.74 Å². The first kappa shape index (κ1) is 18.7. The largest absolute Gasteiger partial charge is 0.504 e. The summed E-state index contributed by atoms with van der Waals surface area (Å²) >= 11 is 0. The molecule has 0 saturated carbocycles. The molecule has 0 radical (unpaired) electrons. The first-order valence-corrected chi connectivity index (χ1v) is 7.04. The van der Waals surface area contributed by atoms with Crippen LogP contribution in [0.5, 0.6) is 11.5 Å². The number of aliphatic carboxylic acids is 2. The number of phenolic OH excluding ortho intramolecular Hbond substituents is 1. The van der Waals surface area contributed by atoms with Gasteiger partial charge in [0.1, 0.15) is 18.3 Å². The van der Waals surface area contributed by atoms with Crippen LogP contribution in [0.4, 0.5) is 0 Å². The molecule has 2 rings (SSSR count). The number of rotatable bonds is 5. The summed E-state index contributed by atoms with van der Waals surface area (Å²) in [6, 6.07) is 3.79. The normalized spacial score (nSPS) is 29.5. The van der Waals surface area contributed by atoms with E-state index in [0.29, 0.717) is 5.56 Å². The highest BCUT2D eigenvalue weighted by Gasteiger charge is 2.48. The fourth-order valence-electron chi connectivity index (χ4n) is 2.17. The highest BCUT2D eigenvalue weighted by atomic mass is 16.7. The van der Waals surface area contributed by atoms with Gasteiger partial charge in [-0.2, -0.15) is 0 Å². The van der Waals surface area contributed by atoms with E-state index in [1.165, 1.54) is 24.3 Å². The summed E-state index contributed by atoms with van der Waals surface area (Å²) in [6.07, 6.45) is -6.98. The number of ether oxygens (including phenoxy) is 2. The molecule has 0 aliphatic carbocycles. The number of aliphatic hydroxyl groups is 3. The second-order valence-corrected chi connectivity index (χ2v) is 5.25. The van der Waals surface area contributed by atoms with Gasteiger partial charge >= 0.3 is 11.9 Å². The predicted octanol–water partition coefficient (Wildman–Crippen LogP) is -1.24. The number of carboxylic acids is 2. The van der Waals surface area contributed by atoms with Gasteiger partial charge in [-0.25, -0.2) is 9.59 Å². The van der Waals surface area contributed by atoms with Crippen molar-refractivity contribution in [3.8, 4) is 11.5 Å². The molecule has 25 heavy (non-hydrogen) atoms. The monoisotopic (exact) mass is 356 g/mol. The quantitative estimate of drug-likeness (QED) is 0.350. The van der Waals surface area contributed by atoms with E-state index in [-0.39, 0.29) is 5.75 Å². The van der Waals surface area contributed by atoms with Gasteiger partial charge in [0.05, 0.1) is 0 Å². The van der Waals surface area contributed by atoms with Crippen molar-refractivity contribution in [2.24, 2.45) is 0 Å². The molecule has 1 aromatic rings. The molecule has 1 aromatic carbocycles. The first-order chi connectivity index (χ1) is 11.7. The maximum atomic E-state index is 11.0. The highest BCUT2D eigenvalue weighted by Crippen LogP contribution is 2.31. The van der Waals surface area contributed by atoms with Crippen LogP contribution in [0.15, 0.2) is 24.3 Å². The van der Waals surface area contributed by atoms with E-state index in [2.05, 4.69) is 0 Å². The fraction of sp³-hybridized carbons (Fsp3) is 0.333. The number of carboxylic acid groups (broad SMARTS) is 2. The lowest BCUT2D eigenvalue weighted by Crippen LogP contribution is -2.61. The number of phenols is 1. The standard InChI is InChI=1S/C15H16O10/c16-7-3-1-6(2-4-9(17)18)5-8(7)24-15-12(21)10(19)11(20)13(25-15)14(22)23/h1-5,10-13,15-16,19-21H,(H,17,18)(H,22,23)/b4-2+. The predicted molar refractivity (Wildman–Crippen MR) is 79.7 cm³/mol. The third-order valence-electron chi connectivity index (χ3n) is 3.46. The van der Waals surface area contributed by atoms with Crippen LogP contribution in [0.1, 0.15) is 5.56 Å². The van der Waals surface area contributed by atoms with Crippen molar-refractivity contribution in [3.05, 3.63) is 29.8 Å². The Morgan fingerprint density at radius 3 is 2.36 bits per heavy atom. The molecule has 1 aliphatic rings. The molecule has 0 aromatic heterocycles. The van der Waals surface area contributed by atoms with Gasteiger partial charge in [0.15, 0.2) is 17.6 Å². The van der Waals surface area contributed by atoms with E-state index < -0.39 is 48.4 Å². The SMILES string of the molecule is O=C(O)/C=C/c1ccc(O)c(OC2OC(C(=O)O)C(O)C(O)C2O)c1. The van der Waals surface area contributed by atoms with Gasteiger partial charge in [-0.1, -0.05) is 6.07 Å². The van der Waals surface area contributed by atoms with Crippen molar-refractivity contribution in [1.82, 2.24) is 0 Å². The Bertz CT molecular complexity index is 685. The molecule has 10 heteroatoms. The number of hydrogen-bond acceptors (Lipinski definition) is 8. The number of aliphatic hydroxyl groups excluding tert-OH is 3. The Balaban J connectivity index is 2.23. The summed E-state index contributed by atoms with van der Waals surface area (Å²) in [5.74, 6) is -3.41. The topological polar surface area (TPSA) is 174 Å². The van der Waals surface area contributed by atoms with E-state index in [4.69, 9.17) is 19.7 Å². The number of carbonyl (C=O) groups is 2. The minimum absolute atomic E-state index is 0.246. The van der Waals surface area contributed by atoms with E-state index >= 15 is 0 Å². The second-order valence-electron chi connectivity index (χ2n) is 5.25. The van der Waals surface area contributed by atoms with Crippen molar-refractivity contribution in [2.45, 2.75) is 30.7 Å². The van der Waals surface area contributed by atoms with Gasteiger partial charge in [0.2, 0.25) is 6.29 Å². The summed E-state index contributed by atoms with van der Waals surface area (Å²) in [5.41, 5.74) is 0.330. The minimum Gasteiger partial charge on any atom is -0.504 e. The smallest absolute Gasteiger partial charge is 0.335 e. The summed E-state index contributed by atoms with van der Waals surface area (Å²) in [6.45, 7) is 0. The molecule has 0 bridgehead atoms. The average Bonchev–Trinajstić information content (AvgIpc) is 2.55. The molecule has 0 amide bonds. The van der Waals surface area contributed by atoms with Gasteiger partial charge in [-0.05, 0) is 23.8 Å². The van der Waals surface area contributed by atoms with Gasteiger partial charge in [0.25, 0.3) is 0 Å². The zero-order valence-electron chi connectivity index (χ0n) is 12.6. The maximum Gasteiger partial charge on any atom is 0.335 e. The second kappa shape index (κ2) is 7.49. The van der Waals surface area contributed by atoms with E-state index in [0.717, 1.165) is 6.08 Å². The van der Waals surface area contributed by atoms with Crippen LogP contribution in [0.3, 0.4) is 0 Å². The van der Waals surface area contributed by atoms with Gasteiger partial charge in [-0.15, -0.1) is 0 Å². The van der Waals surface area contributed by atoms with E-state index in [1.54, 1.807) is 0 Å². The molecule has 5 atom stereocenters. The Morgan fingerprint density at radius 1 is 1.08 bits per heavy atom. The van der Waals surface area contributed by atoms with E-state index in [1.807, 2.05) is 0 Å². The molecule has 1 saturated heterocycles. The molecule has 1 aliphatic heterocycles. The summed E-state index contributed by atoms with van der Waals surface area (Å²) in [4.78, 5) is 21.6. The van der Waals surface area contributed by atoms with Crippen molar-refractivity contribution < 1.29 is 49.7 Å². The lowest BCUT2D eigenvalue weighted by Gasteiger charge is -2.38. The molecule has 136 valence electrons. The zero-order chi connectivity index (χ0) is 18.7. The molecule has 5 unspecified atom stereocenters. The van der Waals surface area contributed by atoms with Gasteiger partial charge in [-0.3, -0.25) is 0 Å². The molecule has 6 N–H and O–H groups in total. The van der Waals surface area contributed by atoms with Crippen LogP contribution in [0, 0.1) is 0 Å². The lowest BCUT2D eigenvalue weighted by molar-refractivity contribution is -0.271. The third-order valence-corrected chi connectivity index (χ3v) is 3.46. The maximum absolute atomic E-state index is 11.0. The fourth-order valence-corrected chi connectivity index (χ4v) is 2.17. The van der Waals surface area contributed by atoms with Crippen LogP contribution in [-0.4, -0.2) is 73.3 Å². The Kier molecular flexibility index (Phi) is 5.59. The Hall–Kier alpha value is -2.66. The number of hydrogen-bond donors (Lipinski definition) is 6. The lowest BCUT2D eigenvalue weighted by atomic mass is 9.99. The summed E-state index contributed by atoms with van der Waals surface area (Å²) in [7, 11) is 0. The highest BCUT2D eigenvalue weighted by molar-refractivity contribution is 5.85. The molecule has 1 fully saturated rings. The third kappa shape index (κ3) is 4.25. The van der Waals surface area contributed by atoms with Crippen molar-refractivity contribution >= 4 is 18.0 Å². The van der Waals surface area contributed by atoms with Crippen LogP contribution >= 0.6 is 0 Å². The molecule has 10 nitrogen and oxygen atoms in total. The number of benzene rings is 1. The van der Waals surface area contributed by atoms with Gasteiger partial charge < -0.3 is 40.1 Å². The van der Waals surface area contributed by atoms with Crippen molar-refractivity contribution in [3.63, 3.8) is 0 Å². The summed E-state index contributed by atoms with van der Waals surface area (Å²) in [5, 5.41) is 56.6.